The minimum Gasteiger partial charge on any atom is -0.381 e. The molecule has 3 heterocycles. The van der Waals surface area contributed by atoms with Gasteiger partial charge in [-0.15, -0.1) is 0 Å². The second-order valence-corrected chi connectivity index (χ2v) is 6.59. The first-order chi connectivity index (χ1) is 9.79. The highest BCUT2D eigenvalue weighted by Crippen LogP contribution is 2.19. The van der Waals surface area contributed by atoms with E-state index in [0.717, 1.165) is 55.5 Å². The maximum absolute atomic E-state index is 5.45. The van der Waals surface area contributed by atoms with Gasteiger partial charge >= 0.3 is 0 Å². The molecule has 20 heavy (non-hydrogen) atoms. The van der Waals surface area contributed by atoms with Crippen molar-refractivity contribution in [2.75, 3.05) is 38.2 Å². The predicted octanol–water partition coefficient (Wildman–Crippen LogP) is 2.15. The molecule has 2 fully saturated rings. The molecule has 1 aromatic heterocycles. The fourth-order valence-electron chi connectivity index (χ4n) is 2.92. The lowest BCUT2D eigenvalue weighted by Gasteiger charge is -2.33. The Kier molecular flexibility index (Phi) is 4.86. The molecule has 0 saturated carbocycles. The van der Waals surface area contributed by atoms with E-state index in [4.69, 9.17) is 4.74 Å². The molecular formula is C14H21BrN4O. The molecule has 1 unspecified atom stereocenters. The van der Waals surface area contributed by atoms with Crippen LogP contribution in [-0.4, -0.2) is 53.8 Å². The summed E-state index contributed by atoms with van der Waals surface area (Å²) in [6, 6.07) is 0.493. The van der Waals surface area contributed by atoms with Gasteiger partial charge in [0.2, 0.25) is 5.95 Å². The summed E-state index contributed by atoms with van der Waals surface area (Å²) in [5.41, 5.74) is 0. The Labute approximate surface area is 128 Å². The molecule has 0 radical (unpaired) electrons. The van der Waals surface area contributed by atoms with Gasteiger partial charge in [0.05, 0.1) is 11.1 Å². The third-order valence-corrected chi connectivity index (χ3v) is 4.49. The van der Waals surface area contributed by atoms with Gasteiger partial charge in [-0.25, -0.2) is 9.97 Å². The largest absolute Gasteiger partial charge is 0.381 e. The van der Waals surface area contributed by atoms with Crippen LogP contribution in [0.15, 0.2) is 16.9 Å². The van der Waals surface area contributed by atoms with Gasteiger partial charge < -0.3 is 15.0 Å². The van der Waals surface area contributed by atoms with Gasteiger partial charge in [-0.3, -0.25) is 0 Å². The molecular weight excluding hydrogens is 320 g/mol. The first-order valence-electron chi connectivity index (χ1n) is 7.34. The molecule has 6 heteroatoms. The zero-order valence-corrected chi connectivity index (χ0v) is 13.2. The molecule has 0 bridgehead atoms. The molecule has 110 valence electrons. The Hall–Kier alpha value is -0.720. The monoisotopic (exact) mass is 340 g/mol. The number of hydrogen-bond acceptors (Lipinski definition) is 5. The molecule has 1 N–H and O–H groups in total. The molecule has 0 spiro atoms. The van der Waals surface area contributed by atoms with Crippen molar-refractivity contribution < 1.29 is 4.74 Å². The number of aromatic nitrogens is 2. The molecule has 2 saturated heterocycles. The molecule has 0 aromatic carbocycles. The highest BCUT2D eigenvalue weighted by atomic mass is 79.9. The highest BCUT2D eigenvalue weighted by molar-refractivity contribution is 9.10. The summed E-state index contributed by atoms with van der Waals surface area (Å²) in [7, 11) is 0. The van der Waals surface area contributed by atoms with Crippen LogP contribution >= 0.6 is 15.9 Å². The van der Waals surface area contributed by atoms with Crippen LogP contribution in [0.3, 0.4) is 0 Å². The number of ether oxygens (including phenoxy) is 1. The predicted molar refractivity (Wildman–Crippen MR) is 81.7 cm³/mol. The van der Waals surface area contributed by atoms with Crippen LogP contribution in [0.1, 0.15) is 19.3 Å². The molecule has 1 atom stereocenters. The Morgan fingerprint density at radius 1 is 1.25 bits per heavy atom. The molecule has 1 aromatic rings. The fraction of sp³-hybridized carbons (Fsp3) is 0.714. The van der Waals surface area contributed by atoms with Gasteiger partial charge in [-0.05, 0) is 41.1 Å². The number of nitrogens with one attached hydrogen (secondary N) is 1. The van der Waals surface area contributed by atoms with E-state index in [0.29, 0.717) is 6.04 Å². The summed E-state index contributed by atoms with van der Waals surface area (Å²) in [6.07, 6.45) is 7.11. The summed E-state index contributed by atoms with van der Waals surface area (Å²) in [4.78, 5) is 11.1. The van der Waals surface area contributed by atoms with Crippen molar-refractivity contribution in [3.05, 3.63) is 16.9 Å². The summed E-state index contributed by atoms with van der Waals surface area (Å²) >= 11 is 3.35. The minimum atomic E-state index is 0.493. The van der Waals surface area contributed by atoms with E-state index in [-0.39, 0.29) is 0 Å². The first-order valence-corrected chi connectivity index (χ1v) is 8.13. The van der Waals surface area contributed by atoms with Crippen molar-refractivity contribution in [3.63, 3.8) is 0 Å². The lowest BCUT2D eigenvalue weighted by Crippen LogP contribution is -2.41. The standard InChI is InChI=1S/C14H21BrN4O/c15-12-7-16-14(17-8-12)18-13-1-4-19(5-2-13)9-11-3-6-20-10-11/h7-8,11,13H,1-6,9-10H2,(H,16,17,18). The van der Waals surface area contributed by atoms with E-state index < -0.39 is 0 Å². The Bertz CT molecular complexity index is 414. The van der Waals surface area contributed by atoms with Crippen LogP contribution in [0.5, 0.6) is 0 Å². The summed E-state index contributed by atoms with van der Waals surface area (Å²) < 4.78 is 6.36. The number of piperidine rings is 1. The lowest BCUT2D eigenvalue weighted by molar-refractivity contribution is 0.154. The van der Waals surface area contributed by atoms with E-state index >= 15 is 0 Å². The zero-order chi connectivity index (χ0) is 13.8. The van der Waals surface area contributed by atoms with Crippen molar-refractivity contribution in [2.24, 2.45) is 5.92 Å². The average molecular weight is 341 g/mol. The zero-order valence-electron chi connectivity index (χ0n) is 11.6. The van der Waals surface area contributed by atoms with Crippen LogP contribution < -0.4 is 5.32 Å². The van der Waals surface area contributed by atoms with E-state index in [2.05, 4.69) is 36.1 Å². The van der Waals surface area contributed by atoms with Gasteiger partial charge in [0, 0.05) is 44.7 Å². The van der Waals surface area contributed by atoms with E-state index in [1.165, 1.54) is 13.0 Å². The molecule has 5 nitrogen and oxygen atoms in total. The second kappa shape index (κ2) is 6.83. The number of anilines is 1. The van der Waals surface area contributed by atoms with Crippen molar-refractivity contribution in [3.8, 4) is 0 Å². The Morgan fingerprint density at radius 3 is 2.65 bits per heavy atom. The Balaban J connectivity index is 1.42. The first kappa shape index (κ1) is 14.2. The molecule has 2 aliphatic heterocycles. The van der Waals surface area contributed by atoms with E-state index in [1.54, 1.807) is 12.4 Å². The lowest BCUT2D eigenvalue weighted by atomic mass is 10.0. The SMILES string of the molecule is Brc1cnc(NC2CCN(CC3CCOC3)CC2)nc1. The van der Waals surface area contributed by atoms with E-state index in [1.807, 2.05) is 0 Å². The minimum absolute atomic E-state index is 0.493. The third-order valence-electron chi connectivity index (χ3n) is 4.08. The van der Waals surface area contributed by atoms with Crippen LogP contribution in [0, 0.1) is 5.92 Å². The third kappa shape index (κ3) is 3.90. The molecule has 3 rings (SSSR count). The molecule has 0 aliphatic carbocycles. The van der Waals surface area contributed by atoms with Gasteiger partial charge in [0.1, 0.15) is 0 Å². The fourth-order valence-corrected chi connectivity index (χ4v) is 3.13. The maximum atomic E-state index is 5.45. The highest BCUT2D eigenvalue weighted by Gasteiger charge is 2.24. The number of nitrogens with zero attached hydrogens (tertiary/aromatic N) is 3. The van der Waals surface area contributed by atoms with Crippen molar-refractivity contribution in [1.82, 2.24) is 14.9 Å². The summed E-state index contributed by atoms with van der Waals surface area (Å²) in [6.45, 7) is 5.41. The second-order valence-electron chi connectivity index (χ2n) is 5.67. The quantitative estimate of drug-likeness (QED) is 0.910. The van der Waals surface area contributed by atoms with Gasteiger partial charge in [0.25, 0.3) is 0 Å². The van der Waals surface area contributed by atoms with Gasteiger partial charge in [-0.1, -0.05) is 0 Å². The number of halogens is 1. The van der Waals surface area contributed by atoms with Gasteiger partial charge in [0.15, 0.2) is 0 Å². The number of likely N-dealkylation sites (tertiary alicyclic amines) is 1. The van der Waals surface area contributed by atoms with Crippen LogP contribution in [-0.2, 0) is 4.74 Å². The maximum Gasteiger partial charge on any atom is 0.222 e. The summed E-state index contributed by atoms with van der Waals surface area (Å²) in [5.74, 6) is 1.48. The molecule has 2 aliphatic rings. The molecule has 0 amide bonds. The number of hydrogen-bond donors (Lipinski definition) is 1. The summed E-state index contributed by atoms with van der Waals surface area (Å²) in [5, 5.41) is 3.43. The van der Waals surface area contributed by atoms with Crippen LogP contribution in [0.25, 0.3) is 0 Å². The number of rotatable bonds is 4. The van der Waals surface area contributed by atoms with Gasteiger partial charge in [-0.2, -0.15) is 0 Å². The van der Waals surface area contributed by atoms with Crippen molar-refractivity contribution >= 4 is 21.9 Å². The topological polar surface area (TPSA) is 50.3 Å². The van der Waals surface area contributed by atoms with Crippen LogP contribution in [0.2, 0.25) is 0 Å². The van der Waals surface area contributed by atoms with Crippen molar-refractivity contribution in [2.45, 2.75) is 25.3 Å². The van der Waals surface area contributed by atoms with E-state index in [9.17, 15) is 0 Å². The Morgan fingerprint density at radius 2 is 2.00 bits per heavy atom. The van der Waals surface area contributed by atoms with Crippen LogP contribution in [0.4, 0.5) is 5.95 Å². The smallest absolute Gasteiger partial charge is 0.222 e. The average Bonchev–Trinajstić information content (AvgIpc) is 2.96. The normalized spacial score (nSPS) is 24.9. The van der Waals surface area contributed by atoms with Crippen molar-refractivity contribution in [1.29, 1.82) is 0 Å².